The highest BCUT2D eigenvalue weighted by Gasteiger charge is 2.41. The number of benzene rings is 2. The molecule has 3 amide bonds. The molecule has 0 saturated carbocycles. The maximum Gasteiger partial charge on any atom is 0.305 e. The summed E-state index contributed by atoms with van der Waals surface area (Å²) >= 11 is 12.5. The first-order valence-electron chi connectivity index (χ1n) is 16.0. The summed E-state index contributed by atoms with van der Waals surface area (Å²) in [5, 5.41) is 24.9. The fourth-order valence-corrected chi connectivity index (χ4v) is 6.41. The first-order valence-corrected chi connectivity index (χ1v) is 16.8. The van der Waals surface area contributed by atoms with Crippen molar-refractivity contribution in [2.45, 2.75) is 71.0 Å². The number of hydrogen-bond acceptors (Lipinski definition) is 9. The van der Waals surface area contributed by atoms with Crippen LogP contribution in [0.1, 0.15) is 62.7 Å². The van der Waals surface area contributed by atoms with Crippen LogP contribution in [0.15, 0.2) is 53.1 Å². The predicted octanol–water partition coefficient (Wildman–Crippen LogP) is 4.47. The number of aliphatic carboxylic acids is 1. The van der Waals surface area contributed by atoms with Gasteiger partial charge in [-0.2, -0.15) is 0 Å². The molecule has 4 rings (SSSR count). The monoisotopic (exact) mass is 728 g/mol. The fraction of sp³-hybridized carbons (Fsp3) is 0.400. The Morgan fingerprint density at radius 2 is 1.66 bits per heavy atom. The summed E-state index contributed by atoms with van der Waals surface area (Å²) < 4.78 is 5.59. The number of phenols is 1. The molecule has 0 radical (unpaired) electrons. The van der Waals surface area contributed by atoms with E-state index in [1.54, 1.807) is 44.2 Å². The molecule has 15 heteroatoms. The number of nitrogens with zero attached hydrogens (tertiary/aromatic N) is 2. The zero-order valence-electron chi connectivity index (χ0n) is 27.7. The molecule has 3 aromatic rings. The van der Waals surface area contributed by atoms with E-state index in [0.717, 1.165) is 0 Å². The minimum Gasteiger partial charge on any atom is -0.508 e. The summed E-state index contributed by atoms with van der Waals surface area (Å²) in [4.78, 5) is 83.5. The lowest BCUT2D eigenvalue weighted by Gasteiger charge is -2.32. The van der Waals surface area contributed by atoms with Gasteiger partial charge in [-0.3, -0.25) is 24.0 Å². The van der Waals surface area contributed by atoms with Crippen LogP contribution in [0.25, 0.3) is 11.3 Å². The predicted molar refractivity (Wildman–Crippen MR) is 183 cm³/mol. The van der Waals surface area contributed by atoms with Gasteiger partial charge in [-0.15, -0.1) is 0 Å². The molecule has 1 aliphatic rings. The van der Waals surface area contributed by atoms with Crippen molar-refractivity contribution >= 4 is 58.5 Å². The first kappa shape index (κ1) is 38.1. The number of carbonyl (C=O) groups excluding carboxylic acids is 5. The van der Waals surface area contributed by atoms with Gasteiger partial charge in [-0.1, -0.05) is 55.2 Å². The van der Waals surface area contributed by atoms with Gasteiger partial charge >= 0.3 is 5.97 Å². The van der Waals surface area contributed by atoms with Gasteiger partial charge in [0.25, 0.3) is 5.89 Å². The van der Waals surface area contributed by atoms with Gasteiger partial charge in [-0.05, 0) is 61.9 Å². The van der Waals surface area contributed by atoms with Gasteiger partial charge in [0, 0.05) is 18.9 Å². The Morgan fingerprint density at radius 3 is 2.26 bits per heavy atom. The van der Waals surface area contributed by atoms with Gasteiger partial charge < -0.3 is 35.0 Å². The lowest BCUT2D eigenvalue weighted by atomic mass is 9.92. The Balaban J connectivity index is 1.49. The molecule has 266 valence electrons. The normalized spacial score (nSPS) is 16.0. The Morgan fingerprint density at radius 1 is 1.00 bits per heavy atom. The Labute approximate surface area is 298 Å². The minimum absolute atomic E-state index is 0.0557. The summed E-state index contributed by atoms with van der Waals surface area (Å²) in [6.07, 6.45) is 1.21. The maximum atomic E-state index is 13.9. The fourth-order valence-electron chi connectivity index (χ4n) is 5.83. The van der Waals surface area contributed by atoms with Crippen LogP contribution in [0, 0.1) is 11.8 Å². The number of carboxylic acids is 1. The van der Waals surface area contributed by atoms with Crippen molar-refractivity contribution in [2.24, 2.45) is 11.8 Å². The summed E-state index contributed by atoms with van der Waals surface area (Å²) in [7, 11) is 0. The van der Waals surface area contributed by atoms with Crippen molar-refractivity contribution in [3.8, 4) is 17.1 Å². The number of ketones is 2. The highest BCUT2D eigenvalue weighted by molar-refractivity contribution is 6.39. The van der Waals surface area contributed by atoms with E-state index >= 15 is 0 Å². The molecule has 2 aromatic carbocycles. The Kier molecular flexibility index (Phi) is 12.8. The van der Waals surface area contributed by atoms with E-state index in [1.165, 1.54) is 30.2 Å². The largest absolute Gasteiger partial charge is 0.508 e. The van der Waals surface area contributed by atoms with Crippen molar-refractivity contribution in [1.82, 2.24) is 20.5 Å². The molecule has 1 fully saturated rings. The van der Waals surface area contributed by atoms with Crippen molar-refractivity contribution in [3.63, 3.8) is 0 Å². The van der Waals surface area contributed by atoms with Crippen LogP contribution in [0.4, 0.5) is 0 Å². The van der Waals surface area contributed by atoms with Crippen LogP contribution in [-0.2, 0) is 30.4 Å². The molecule has 0 aliphatic carbocycles. The third-order valence-electron chi connectivity index (χ3n) is 8.33. The molecule has 1 saturated heterocycles. The lowest BCUT2D eigenvalue weighted by molar-refractivity contribution is -0.143. The number of amides is 3. The van der Waals surface area contributed by atoms with Crippen molar-refractivity contribution in [3.05, 3.63) is 70.2 Å². The molecular formula is C35H38Cl2N4O9. The number of likely N-dealkylation sites (tertiary alicyclic amines) is 1. The number of carboxylic acid groups (broad SMARTS) is 1. The zero-order valence-corrected chi connectivity index (χ0v) is 29.2. The Hall–Kier alpha value is -4.75. The van der Waals surface area contributed by atoms with Crippen LogP contribution in [0.5, 0.6) is 5.75 Å². The molecule has 4 atom stereocenters. The summed E-state index contributed by atoms with van der Waals surface area (Å²) in [6.45, 7) is 5.01. The topological polar surface area (TPSA) is 196 Å². The molecule has 1 aliphatic heterocycles. The smallest absolute Gasteiger partial charge is 0.305 e. The second-order valence-corrected chi connectivity index (χ2v) is 13.4. The number of halogens is 2. The maximum absolute atomic E-state index is 13.9. The molecule has 4 N–H and O–H groups in total. The molecular weight excluding hydrogens is 691 g/mol. The minimum atomic E-state index is -1.58. The van der Waals surface area contributed by atoms with Crippen LogP contribution >= 0.6 is 23.2 Å². The summed E-state index contributed by atoms with van der Waals surface area (Å²) in [6, 6.07) is 7.29. The number of aromatic hydroxyl groups is 1. The average molecular weight is 730 g/mol. The van der Waals surface area contributed by atoms with E-state index in [9.17, 15) is 39.0 Å². The highest BCUT2D eigenvalue weighted by Crippen LogP contribution is 2.35. The number of aromatic nitrogens is 1. The zero-order chi connectivity index (χ0) is 36.7. The average Bonchev–Trinajstić information content (AvgIpc) is 3.74. The van der Waals surface area contributed by atoms with E-state index in [1.807, 2.05) is 0 Å². The Bertz CT molecular complexity index is 1740. The van der Waals surface area contributed by atoms with E-state index in [4.69, 9.17) is 27.6 Å². The second-order valence-electron chi connectivity index (χ2n) is 12.5. The van der Waals surface area contributed by atoms with Crippen molar-refractivity contribution in [1.29, 1.82) is 0 Å². The SMILES string of the molecule is CC(=O)C[C@@H](Cc1ccc(O)cc1)C(=O)N[C@H](C(=O)N1CCC[C@H]1C(=O)N[C@@H](CC(=O)O)C(=O)c1ncc(-c2c(Cl)cccc2Cl)o1)C(C)C. The number of carbonyl (C=O) groups is 6. The number of phenolic OH excluding ortho intramolecular Hbond substituents is 1. The van der Waals surface area contributed by atoms with Crippen molar-refractivity contribution in [2.75, 3.05) is 6.54 Å². The van der Waals surface area contributed by atoms with E-state index < -0.39 is 71.7 Å². The van der Waals surface area contributed by atoms with Gasteiger partial charge in [0.1, 0.15) is 29.7 Å². The molecule has 0 spiro atoms. The van der Waals surface area contributed by atoms with E-state index in [0.29, 0.717) is 12.0 Å². The first-order chi connectivity index (χ1) is 23.7. The number of rotatable bonds is 15. The number of Topliss-reactive ketones (excluding diaryl/α,β-unsaturated/α-hetero) is 2. The molecule has 13 nitrogen and oxygen atoms in total. The molecule has 0 bridgehead atoms. The van der Waals surface area contributed by atoms with Crippen LogP contribution in [0.3, 0.4) is 0 Å². The van der Waals surface area contributed by atoms with Crippen LogP contribution < -0.4 is 10.6 Å². The standard InChI is InChI=1S/C35H38Cl2N4O9/c1-18(2)30(40-32(47)21(14-19(3)42)15-20-9-11-22(43)12-10-20)35(49)41-13-5-8-26(41)33(48)39-25(16-28(44)45)31(46)34-38-17-27(50-34)29-23(36)6-4-7-24(29)37/h4,6-7,9-12,17-18,21,25-26,30,43H,5,8,13-16H2,1-3H3,(H,39,48)(H,40,47)(H,44,45)/t21-,25-,26-,30-/m0/s1. The number of nitrogens with one attached hydrogen (secondary N) is 2. The van der Waals surface area contributed by atoms with Gasteiger partial charge in [0.2, 0.25) is 23.5 Å². The van der Waals surface area contributed by atoms with Crippen LogP contribution in [0.2, 0.25) is 10.0 Å². The quantitative estimate of drug-likeness (QED) is 0.162. The summed E-state index contributed by atoms with van der Waals surface area (Å²) in [5.41, 5.74) is 0.994. The third-order valence-corrected chi connectivity index (χ3v) is 8.96. The number of hydrogen-bond donors (Lipinski definition) is 4. The van der Waals surface area contributed by atoms with Crippen molar-refractivity contribution < 1.29 is 43.4 Å². The third kappa shape index (κ3) is 9.48. The van der Waals surface area contributed by atoms with Gasteiger partial charge in [0.05, 0.1) is 28.2 Å². The van der Waals surface area contributed by atoms with E-state index in [-0.39, 0.29) is 58.7 Å². The molecule has 50 heavy (non-hydrogen) atoms. The molecule has 2 heterocycles. The summed E-state index contributed by atoms with van der Waals surface area (Å²) in [5.74, 6) is -5.88. The lowest BCUT2D eigenvalue weighted by Crippen LogP contribution is -2.57. The molecule has 1 aromatic heterocycles. The number of oxazole rings is 1. The molecule has 0 unspecified atom stereocenters. The van der Waals surface area contributed by atoms with Gasteiger partial charge in [0.15, 0.2) is 5.76 Å². The highest BCUT2D eigenvalue weighted by atomic mass is 35.5. The van der Waals surface area contributed by atoms with Gasteiger partial charge in [-0.25, -0.2) is 4.98 Å². The second kappa shape index (κ2) is 16.8. The van der Waals surface area contributed by atoms with E-state index in [2.05, 4.69) is 15.6 Å². The van der Waals surface area contributed by atoms with Crippen LogP contribution in [-0.4, -0.2) is 80.0 Å².